The van der Waals surface area contributed by atoms with Crippen molar-refractivity contribution in [3.8, 4) is 0 Å². The summed E-state index contributed by atoms with van der Waals surface area (Å²) in [4.78, 5) is 8.93. The van der Waals surface area contributed by atoms with E-state index in [0.717, 1.165) is 0 Å². The van der Waals surface area contributed by atoms with Crippen LogP contribution in [0.4, 0.5) is 0 Å². The van der Waals surface area contributed by atoms with E-state index in [-0.39, 0.29) is 0 Å². The molecule has 0 aromatic heterocycles. The first kappa shape index (κ1) is 22.1. The van der Waals surface area contributed by atoms with Gasteiger partial charge in [-0.1, -0.05) is 0 Å². The summed E-state index contributed by atoms with van der Waals surface area (Å²) in [5, 5.41) is 0. The Bertz CT molecular complexity index is 139. The van der Waals surface area contributed by atoms with Gasteiger partial charge < -0.3 is 19.6 Å². The van der Waals surface area contributed by atoms with Crippen LogP contribution in [-0.4, -0.2) is 102 Å². The Hall–Kier alpha value is -0.160. The maximum Gasteiger partial charge on any atom is -0.00244 e. The zero-order valence-corrected chi connectivity index (χ0v) is 15.4. The third-order valence-electron chi connectivity index (χ3n) is 2.92. The Morgan fingerprint density at radius 3 is 0.600 bits per heavy atom. The average Bonchev–Trinajstić information content (AvgIpc) is 2.30. The van der Waals surface area contributed by atoms with Gasteiger partial charge in [0.15, 0.2) is 0 Å². The van der Waals surface area contributed by atoms with Crippen LogP contribution in [0.5, 0.6) is 0 Å². The highest BCUT2D eigenvalue weighted by molar-refractivity contribution is 4.48. The van der Waals surface area contributed by atoms with E-state index in [1.807, 2.05) is 0 Å². The molecule has 0 amide bonds. The van der Waals surface area contributed by atoms with Crippen LogP contribution in [0.2, 0.25) is 0 Å². The lowest BCUT2D eigenvalue weighted by Crippen LogP contribution is -2.17. The molecule has 0 aliphatic rings. The summed E-state index contributed by atoms with van der Waals surface area (Å²) in [5.41, 5.74) is 0. The van der Waals surface area contributed by atoms with Crippen LogP contribution in [0.1, 0.15) is 25.7 Å². The van der Waals surface area contributed by atoms with E-state index in [1.54, 1.807) is 0 Å². The molecule has 0 rings (SSSR count). The van der Waals surface area contributed by atoms with E-state index in [2.05, 4.69) is 76.0 Å². The summed E-state index contributed by atoms with van der Waals surface area (Å²) >= 11 is 0. The fourth-order valence-corrected chi connectivity index (χ4v) is 1.71. The molecule has 0 N–H and O–H groups in total. The van der Waals surface area contributed by atoms with Crippen LogP contribution in [0.15, 0.2) is 0 Å². The van der Waals surface area contributed by atoms with Gasteiger partial charge in [-0.3, -0.25) is 0 Å². The lowest BCUT2D eigenvalue weighted by atomic mass is 10.3. The molecule has 4 heteroatoms. The third kappa shape index (κ3) is 26.4. The zero-order valence-electron chi connectivity index (χ0n) is 15.4. The normalized spacial score (nSPS) is 11.4. The van der Waals surface area contributed by atoms with Crippen molar-refractivity contribution in [3.63, 3.8) is 0 Å². The van der Waals surface area contributed by atoms with Crippen molar-refractivity contribution in [2.24, 2.45) is 0 Å². The molecule has 0 spiro atoms. The van der Waals surface area contributed by atoms with Crippen LogP contribution in [-0.2, 0) is 0 Å². The highest BCUT2D eigenvalue weighted by Crippen LogP contribution is 1.92. The Morgan fingerprint density at radius 1 is 0.350 bits per heavy atom. The lowest BCUT2D eigenvalue weighted by molar-refractivity contribution is 0.354. The molecule has 0 radical (unpaired) electrons. The summed E-state index contributed by atoms with van der Waals surface area (Å²) < 4.78 is 0. The zero-order chi connectivity index (χ0) is 16.0. The van der Waals surface area contributed by atoms with Gasteiger partial charge in [0.1, 0.15) is 0 Å². The molecular formula is C16H40N4. The summed E-state index contributed by atoms with van der Waals surface area (Å²) in [6.45, 7) is 4.86. The van der Waals surface area contributed by atoms with Gasteiger partial charge in [-0.25, -0.2) is 0 Å². The van der Waals surface area contributed by atoms with E-state index >= 15 is 0 Å². The molecule has 0 aromatic rings. The number of unbranched alkanes of at least 4 members (excludes halogenated alkanes) is 2. The van der Waals surface area contributed by atoms with E-state index in [4.69, 9.17) is 0 Å². The highest BCUT2D eigenvalue weighted by Gasteiger charge is 1.92. The molecule has 0 saturated carbocycles. The number of hydrogen-bond donors (Lipinski definition) is 0. The monoisotopic (exact) mass is 288 g/mol. The molecule has 0 unspecified atom stereocenters. The van der Waals surface area contributed by atoms with Crippen molar-refractivity contribution >= 4 is 0 Å². The molecule has 0 fully saturated rings. The van der Waals surface area contributed by atoms with Crippen LogP contribution in [0, 0.1) is 0 Å². The molecule has 20 heavy (non-hydrogen) atoms. The molecule has 0 heterocycles. The van der Waals surface area contributed by atoms with Crippen LogP contribution in [0.25, 0.3) is 0 Å². The first-order chi connectivity index (χ1) is 9.25. The largest absolute Gasteiger partial charge is 0.309 e. The molecule has 0 atom stereocenters. The van der Waals surface area contributed by atoms with Crippen LogP contribution in [0.3, 0.4) is 0 Å². The molecule has 0 aliphatic carbocycles. The van der Waals surface area contributed by atoms with Gasteiger partial charge in [-0.15, -0.1) is 0 Å². The summed E-state index contributed by atoms with van der Waals surface area (Å²) in [6, 6.07) is 0. The first-order valence-corrected chi connectivity index (χ1v) is 7.84. The fourth-order valence-electron chi connectivity index (χ4n) is 1.71. The quantitative estimate of drug-likeness (QED) is 0.568. The summed E-state index contributed by atoms with van der Waals surface area (Å²) in [5.74, 6) is 0. The standard InChI is InChI=1S/2C8H20N2/c2*1-9(2)7-5-6-8-10(3)4/h2*5-8H2,1-4H3. The van der Waals surface area contributed by atoms with E-state index < -0.39 is 0 Å². The first-order valence-electron chi connectivity index (χ1n) is 7.84. The van der Waals surface area contributed by atoms with Crippen molar-refractivity contribution in [2.45, 2.75) is 25.7 Å². The maximum atomic E-state index is 2.23. The minimum Gasteiger partial charge on any atom is -0.309 e. The SMILES string of the molecule is CN(C)CCCCN(C)C.CN(C)CCCCN(C)C. The topological polar surface area (TPSA) is 13.0 Å². The Labute approximate surface area is 128 Å². The van der Waals surface area contributed by atoms with Gasteiger partial charge in [0.05, 0.1) is 0 Å². The van der Waals surface area contributed by atoms with Gasteiger partial charge in [0.2, 0.25) is 0 Å². The predicted octanol–water partition coefficient (Wildman–Crippen LogP) is 1.78. The third-order valence-corrected chi connectivity index (χ3v) is 2.92. The minimum absolute atomic E-state index is 1.22. The molecule has 4 nitrogen and oxygen atoms in total. The van der Waals surface area contributed by atoms with Gasteiger partial charge in [0, 0.05) is 0 Å². The van der Waals surface area contributed by atoms with E-state index in [9.17, 15) is 0 Å². The van der Waals surface area contributed by atoms with Gasteiger partial charge in [-0.05, 0) is 108 Å². The van der Waals surface area contributed by atoms with Gasteiger partial charge in [-0.2, -0.15) is 0 Å². The summed E-state index contributed by atoms with van der Waals surface area (Å²) in [7, 11) is 17.0. The maximum absolute atomic E-state index is 2.23. The molecule has 0 aliphatic heterocycles. The van der Waals surface area contributed by atoms with Crippen molar-refractivity contribution in [1.82, 2.24) is 19.6 Å². The van der Waals surface area contributed by atoms with Crippen LogP contribution < -0.4 is 0 Å². The molecular weight excluding hydrogens is 248 g/mol. The second-order valence-corrected chi connectivity index (χ2v) is 6.63. The second kappa shape index (κ2) is 15.2. The van der Waals surface area contributed by atoms with E-state index in [0.29, 0.717) is 0 Å². The Kier molecular flexibility index (Phi) is 16.9. The Morgan fingerprint density at radius 2 is 0.500 bits per heavy atom. The fraction of sp³-hybridized carbons (Fsp3) is 1.00. The molecule has 0 aromatic carbocycles. The van der Waals surface area contributed by atoms with Crippen LogP contribution >= 0.6 is 0 Å². The lowest BCUT2D eigenvalue weighted by Gasteiger charge is -2.11. The second-order valence-electron chi connectivity index (χ2n) is 6.63. The molecule has 0 saturated heterocycles. The summed E-state index contributed by atoms with van der Waals surface area (Å²) in [6.07, 6.45) is 5.24. The smallest absolute Gasteiger partial charge is 0.00244 e. The van der Waals surface area contributed by atoms with Gasteiger partial charge >= 0.3 is 0 Å². The number of nitrogens with zero attached hydrogens (tertiary/aromatic N) is 4. The van der Waals surface area contributed by atoms with Crippen molar-refractivity contribution in [2.75, 3.05) is 82.6 Å². The van der Waals surface area contributed by atoms with Crippen molar-refractivity contribution in [1.29, 1.82) is 0 Å². The minimum atomic E-state index is 1.22. The molecule has 0 bridgehead atoms. The number of hydrogen-bond acceptors (Lipinski definition) is 4. The van der Waals surface area contributed by atoms with E-state index in [1.165, 1.54) is 51.9 Å². The Balaban J connectivity index is 0. The average molecular weight is 289 g/mol. The molecule has 124 valence electrons. The highest BCUT2D eigenvalue weighted by atomic mass is 15.1. The van der Waals surface area contributed by atoms with Crippen molar-refractivity contribution in [3.05, 3.63) is 0 Å². The predicted molar refractivity (Wildman–Crippen MR) is 92.7 cm³/mol. The number of rotatable bonds is 10. The van der Waals surface area contributed by atoms with Crippen molar-refractivity contribution < 1.29 is 0 Å². The van der Waals surface area contributed by atoms with Gasteiger partial charge in [0.25, 0.3) is 0 Å².